The molecule has 3 rings (SSSR count). The number of aryl methyl sites for hydroxylation is 1. The molecule has 0 bridgehead atoms. The fourth-order valence-electron chi connectivity index (χ4n) is 5.21. The Morgan fingerprint density at radius 1 is 0.714 bits per heavy atom. The van der Waals surface area contributed by atoms with E-state index in [0.29, 0.717) is 11.3 Å². The molecule has 0 unspecified atom stereocenters. The van der Waals surface area contributed by atoms with E-state index in [-0.39, 0.29) is 5.97 Å². The summed E-state index contributed by atoms with van der Waals surface area (Å²) in [6, 6.07) is 15.2. The number of hydrogen-bond donors (Lipinski definition) is 0. The molecular formula is C32H46O3. The van der Waals surface area contributed by atoms with Crippen molar-refractivity contribution in [2.75, 3.05) is 6.61 Å². The molecular weight excluding hydrogens is 432 g/mol. The molecule has 35 heavy (non-hydrogen) atoms. The van der Waals surface area contributed by atoms with E-state index in [1.807, 2.05) is 24.3 Å². The van der Waals surface area contributed by atoms with Crippen LogP contribution in [0.25, 0.3) is 0 Å². The van der Waals surface area contributed by atoms with Crippen molar-refractivity contribution in [3.8, 4) is 11.5 Å². The maximum absolute atomic E-state index is 12.5. The van der Waals surface area contributed by atoms with Gasteiger partial charge in [0.1, 0.15) is 11.5 Å². The van der Waals surface area contributed by atoms with Crippen molar-refractivity contribution >= 4 is 5.97 Å². The minimum atomic E-state index is -0.333. The van der Waals surface area contributed by atoms with Gasteiger partial charge >= 0.3 is 5.97 Å². The molecule has 0 radical (unpaired) electrons. The van der Waals surface area contributed by atoms with Crippen molar-refractivity contribution in [1.82, 2.24) is 0 Å². The quantitative estimate of drug-likeness (QED) is 0.145. The smallest absolute Gasteiger partial charge is 0.343 e. The van der Waals surface area contributed by atoms with Crippen LogP contribution in [-0.4, -0.2) is 12.6 Å². The van der Waals surface area contributed by atoms with E-state index in [1.54, 1.807) is 12.1 Å². The second kappa shape index (κ2) is 15.7. The third kappa shape index (κ3) is 10.1. The molecule has 0 aliphatic heterocycles. The lowest BCUT2D eigenvalue weighted by molar-refractivity contribution is 0.0734. The lowest BCUT2D eigenvalue weighted by atomic mass is 9.78. The maximum atomic E-state index is 12.5. The average Bonchev–Trinajstić information content (AvgIpc) is 2.89. The standard InChI is InChI=1S/C32H46O3/c1-3-5-7-10-26-13-15-28(16-14-26)12-9-25-34-30-23-19-29(20-24-30)32(33)35-31-21-17-27(18-22-31)11-8-6-4-2/h17-24,26,28H,3-16,25H2,1-2H3. The molecule has 1 aliphatic rings. The third-order valence-electron chi connectivity index (χ3n) is 7.50. The highest BCUT2D eigenvalue weighted by Crippen LogP contribution is 2.34. The van der Waals surface area contributed by atoms with Crippen LogP contribution in [0, 0.1) is 11.8 Å². The van der Waals surface area contributed by atoms with Crippen molar-refractivity contribution < 1.29 is 14.3 Å². The SMILES string of the molecule is CCCCCc1ccc(OC(=O)c2ccc(OCCCC3CCC(CCCCC)CC3)cc2)cc1. The van der Waals surface area contributed by atoms with E-state index in [4.69, 9.17) is 9.47 Å². The first-order valence-corrected chi connectivity index (χ1v) is 14.2. The van der Waals surface area contributed by atoms with Crippen LogP contribution in [0.4, 0.5) is 0 Å². The summed E-state index contributed by atoms with van der Waals surface area (Å²) in [7, 11) is 0. The van der Waals surface area contributed by atoms with Crippen LogP contribution >= 0.6 is 0 Å². The first kappa shape index (κ1) is 27.3. The normalized spacial score (nSPS) is 17.8. The van der Waals surface area contributed by atoms with Gasteiger partial charge in [0.05, 0.1) is 12.2 Å². The molecule has 1 aliphatic carbocycles. The molecule has 0 heterocycles. The molecule has 192 valence electrons. The van der Waals surface area contributed by atoms with E-state index >= 15 is 0 Å². The summed E-state index contributed by atoms with van der Waals surface area (Å²) >= 11 is 0. The number of unbranched alkanes of at least 4 members (excludes halogenated alkanes) is 4. The zero-order valence-corrected chi connectivity index (χ0v) is 22.1. The van der Waals surface area contributed by atoms with Gasteiger partial charge < -0.3 is 9.47 Å². The topological polar surface area (TPSA) is 35.5 Å². The summed E-state index contributed by atoms with van der Waals surface area (Å²) in [6.07, 6.45) is 18.3. The Bertz CT molecular complexity index is 832. The molecule has 1 fully saturated rings. The molecule has 0 amide bonds. The summed E-state index contributed by atoms with van der Waals surface area (Å²) in [6.45, 7) is 5.24. The molecule has 2 aromatic rings. The molecule has 3 heteroatoms. The lowest BCUT2D eigenvalue weighted by Crippen LogP contribution is -2.15. The number of hydrogen-bond acceptors (Lipinski definition) is 3. The first-order valence-electron chi connectivity index (χ1n) is 14.2. The van der Waals surface area contributed by atoms with Crippen molar-refractivity contribution in [2.45, 2.75) is 104 Å². The monoisotopic (exact) mass is 478 g/mol. The van der Waals surface area contributed by atoms with Crippen LogP contribution in [0.15, 0.2) is 48.5 Å². The van der Waals surface area contributed by atoms with E-state index in [9.17, 15) is 4.79 Å². The number of carbonyl (C=O) groups is 1. The van der Waals surface area contributed by atoms with Gasteiger partial charge in [-0.2, -0.15) is 0 Å². The van der Waals surface area contributed by atoms with Gasteiger partial charge in [-0.05, 0) is 79.5 Å². The Labute approximate surface area is 213 Å². The molecule has 0 atom stereocenters. The Morgan fingerprint density at radius 2 is 1.29 bits per heavy atom. The summed E-state index contributed by atoms with van der Waals surface area (Å²) in [5.74, 6) is 2.93. The zero-order chi connectivity index (χ0) is 24.7. The highest BCUT2D eigenvalue weighted by molar-refractivity contribution is 5.91. The number of esters is 1. The highest BCUT2D eigenvalue weighted by atomic mass is 16.5. The summed E-state index contributed by atoms with van der Waals surface area (Å²) < 4.78 is 11.5. The Hall–Kier alpha value is -2.29. The van der Waals surface area contributed by atoms with Gasteiger partial charge in [-0.3, -0.25) is 0 Å². The number of rotatable bonds is 15. The number of ether oxygens (including phenoxy) is 2. The second-order valence-electron chi connectivity index (χ2n) is 10.4. The Morgan fingerprint density at radius 3 is 1.91 bits per heavy atom. The lowest BCUT2D eigenvalue weighted by Gasteiger charge is -2.28. The Kier molecular flexibility index (Phi) is 12.2. The molecule has 0 saturated heterocycles. The minimum absolute atomic E-state index is 0.333. The van der Waals surface area contributed by atoms with E-state index < -0.39 is 0 Å². The van der Waals surface area contributed by atoms with Gasteiger partial charge in [-0.15, -0.1) is 0 Å². The first-order chi connectivity index (χ1) is 17.2. The predicted molar refractivity (Wildman–Crippen MR) is 145 cm³/mol. The summed E-state index contributed by atoms with van der Waals surface area (Å²) in [5.41, 5.74) is 1.83. The third-order valence-corrected chi connectivity index (χ3v) is 7.50. The van der Waals surface area contributed by atoms with Gasteiger partial charge in [-0.25, -0.2) is 4.79 Å². The largest absolute Gasteiger partial charge is 0.494 e. The van der Waals surface area contributed by atoms with Crippen molar-refractivity contribution in [2.24, 2.45) is 11.8 Å². The number of benzene rings is 2. The van der Waals surface area contributed by atoms with Crippen LogP contribution in [0.3, 0.4) is 0 Å². The highest BCUT2D eigenvalue weighted by Gasteiger charge is 2.20. The van der Waals surface area contributed by atoms with Crippen LogP contribution < -0.4 is 9.47 Å². The molecule has 0 spiro atoms. The second-order valence-corrected chi connectivity index (χ2v) is 10.4. The maximum Gasteiger partial charge on any atom is 0.343 e. The van der Waals surface area contributed by atoms with Crippen LogP contribution in [-0.2, 0) is 6.42 Å². The van der Waals surface area contributed by atoms with Crippen LogP contribution in [0.5, 0.6) is 11.5 Å². The van der Waals surface area contributed by atoms with Gasteiger partial charge in [0.2, 0.25) is 0 Å². The fourth-order valence-corrected chi connectivity index (χ4v) is 5.21. The summed E-state index contributed by atoms with van der Waals surface area (Å²) in [5, 5.41) is 0. The van der Waals surface area contributed by atoms with Gasteiger partial charge in [0.15, 0.2) is 0 Å². The van der Waals surface area contributed by atoms with E-state index in [1.165, 1.54) is 82.6 Å². The van der Waals surface area contributed by atoms with Crippen molar-refractivity contribution in [3.05, 3.63) is 59.7 Å². The van der Waals surface area contributed by atoms with E-state index in [0.717, 1.165) is 37.0 Å². The average molecular weight is 479 g/mol. The van der Waals surface area contributed by atoms with Crippen molar-refractivity contribution in [3.63, 3.8) is 0 Å². The van der Waals surface area contributed by atoms with Crippen LogP contribution in [0.1, 0.15) is 113 Å². The minimum Gasteiger partial charge on any atom is -0.494 e. The van der Waals surface area contributed by atoms with Crippen molar-refractivity contribution in [1.29, 1.82) is 0 Å². The Balaban J connectivity index is 1.31. The van der Waals surface area contributed by atoms with Gasteiger partial charge in [0.25, 0.3) is 0 Å². The fraction of sp³-hybridized carbons (Fsp3) is 0.594. The molecule has 2 aromatic carbocycles. The predicted octanol–water partition coefficient (Wildman–Crippen LogP) is 9.18. The molecule has 0 aromatic heterocycles. The molecule has 1 saturated carbocycles. The van der Waals surface area contributed by atoms with E-state index in [2.05, 4.69) is 26.0 Å². The number of carbonyl (C=O) groups excluding carboxylic acids is 1. The summed E-state index contributed by atoms with van der Waals surface area (Å²) in [4.78, 5) is 12.5. The van der Waals surface area contributed by atoms with Crippen LogP contribution in [0.2, 0.25) is 0 Å². The van der Waals surface area contributed by atoms with Gasteiger partial charge in [-0.1, -0.05) is 90.2 Å². The molecule has 0 N–H and O–H groups in total. The molecule has 3 nitrogen and oxygen atoms in total. The zero-order valence-electron chi connectivity index (χ0n) is 22.1. The van der Waals surface area contributed by atoms with Gasteiger partial charge in [0, 0.05) is 0 Å².